The van der Waals surface area contributed by atoms with Crippen molar-refractivity contribution in [2.75, 3.05) is 6.61 Å². The summed E-state index contributed by atoms with van der Waals surface area (Å²) in [4.78, 5) is 6.62. The molecule has 0 aromatic carbocycles. The first kappa shape index (κ1) is 29.7. The van der Waals surface area contributed by atoms with Crippen molar-refractivity contribution < 1.29 is 94.5 Å². The van der Waals surface area contributed by atoms with Gasteiger partial charge in [-0.2, -0.15) is 79.5 Å². The predicted octanol–water partition coefficient (Wildman–Crippen LogP) is 5.97. The Kier molecular flexibility index (Phi) is 7.55. The molecule has 1 atom stereocenters. The summed E-state index contributed by atoms with van der Waals surface area (Å²) in [7, 11) is 0. The molecule has 1 heterocycles. The van der Waals surface area contributed by atoms with Crippen LogP contribution in [0.1, 0.15) is 12.8 Å². The van der Waals surface area contributed by atoms with Crippen LogP contribution < -0.4 is 0 Å². The van der Waals surface area contributed by atoms with E-state index in [9.17, 15) is 74.6 Å². The third-order valence-corrected chi connectivity index (χ3v) is 4.03. The molecule has 0 aromatic heterocycles. The van der Waals surface area contributed by atoms with E-state index in [0.717, 1.165) is 0 Å². The fourth-order valence-corrected chi connectivity index (χ4v) is 2.05. The number of hydrogen-bond donors (Lipinski definition) is 0. The summed E-state index contributed by atoms with van der Waals surface area (Å²) >= 11 is 0. The van der Waals surface area contributed by atoms with Crippen LogP contribution in [0.25, 0.3) is 0 Å². The van der Waals surface area contributed by atoms with Crippen molar-refractivity contribution in [1.29, 1.82) is 0 Å². The molecule has 1 aliphatic heterocycles. The Balaban J connectivity index is 3.45. The lowest BCUT2D eigenvalue weighted by molar-refractivity contribution is -0.685. The second kappa shape index (κ2) is 8.40. The van der Waals surface area contributed by atoms with Crippen LogP contribution in [0.15, 0.2) is 0 Å². The van der Waals surface area contributed by atoms with Crippen molar-refractivity contribution >= 4 is 0 Å². The van der Waals surface area contributed by atoms with E-state index < -0.39 is 73.2 Å². The minimum atomic E-state index is -8.43. The second-order valence-corrected chi connectivity index (χ2v) is 6.32. The van der Waals surface area contributed by atoms with Gasteiger partial charge < -0.3 is 0 Å². The van der Waals surface area contributed by atoms with Gasteiger partial charge in [-0.1, -0.05) is 0 Å². The highest BCUT2D eigenvalue weighted by Crippen LogP contribution is 2.63. The van der Waals surface area contributed by atoms with Crippen molar-refractivity contribution in [3.05, 3.63) is 0 Å². The number of hydrogen-bond acceptors (Lipinski definition) is 4. The fraction of sp³-hybridized carbons (Fsp3) is 1.00. The van der Waals surface area contributed by atoms with E-state index in [2.05, 4.69) is 19.9 Å². The molecule has 0 aliphatic carbocycles. The third kappa shape index (κ3) is 4.64. The van der Waals surface area contributed by atoms with Gasteiger partial charge in [0.15, 0.2) is 6.10 Å². The summed E-state index contributed by atoms with van der Waals surface area (Å²) in [5, 5.41) is 6.28. The lowest BCUT2D eigenvalue weighted by atomic mass is 9.87. The van der Waals surface area contributed by atoms with Crippen molar-refractivity contribution in [2.24, 2.45) is 0 Å². The van der Waals surface area contributed by atoms with Crippen LogP contribution in [-0.4, -0.2) is 60.3 Å². The van der Waals surface area contributed by atoms with Gasteiger partial charge in [-0.05, 0) is 10.1 Å². The van der Waals surface area contributed by atoms with Crippen LogP contribution in [-0.2, 0) is 19.9 Å². The van der Waals surface area contributed by atoms with Gasteiger partial charge in [0, 0.05) is 12.8 Å². The van der Waals surface area contributed by atoms with Crippen molar-refractivity contribution in [3.63, 3.8) is 0 Å². The quantitative estimate of drug-likeness (QED) is 0.268. The summed E-state index contributed by atoms with van der Waals surface area (Å²) in [5.74, 6) is -54.3. The normalized spacial score (nSPS) is 20.8. The fourth-order valence-electron chi connectivity index (χ4n) is 2.05. The molecule has 1 aliphatic rings. The number of alkyl halides is 17. The third-order valence-electron chi connectivity index (χ3n) is 4.03. The summed E-state index contributed by atoms with van der Waals surface area (Å²) < 4.78 is 225. The van der Waals surface area contributed by atoms with Gasteiger partial charge in [0.05, 0.1) is 0 Å². The van der Waals surface area contributed by atoms with Crippen LogP contribution in [0.3, 0.4) is 0 Å². The van der Waals surface area contributed by atoms with E-state index in [4.69, 9.17) is 0 Å². The zero-order valence-electron chi connectivity index (χ0n) is 14.8. The number of halogens is 17. The van der Waals surface area contributed by atoms with Crippen molar-refractivity contribution in [3.8, 4) is 0 Å². The van der Waals surface area contributed by atoms with E-state index in [1.165, 1.54) is 0 Å². The highest BCUT2D eigenvalue weighted by atomic mass is 19.4. The topological polar surface area (TPSA) is 36.9 Å². The molecule has 33 heavy (non-hydrogen) atoms. The molecular weight excluding hydrogens is 531 g/mol. The van der Waals surface area contributed by atoms with E-state index in [0.29, 0.717) is 0 Å². The monoisotopic (exact) mass is 538 g/mol. The first-order valence-corrected chi connectivity index (χ1v) is 7.64. The van der Waals surface area contributed by atoms with Gasteiger partial charge >= 0.3 is 47.6 Å². The maximum absolute atomic E-state index is 13.7. The molecular formula is C12H7F17O4. The molecule has 0 spiro atoms. The lowest BCUT2D eigenvalue weighted by Crippen LogP contribution is -2.74. The first-order valence-electron chi connectivity index (χ1n) is 7.64. The maximum atomic E-state index is 13.7. The van der Waals surface area contributed by atoms with Crippen LogP contribution in [0, 0.1) is 0 Å². The average Bonchev–Trinajstić information content (AvgIpc) is 2.65. The maximum Gasteiger partial charge on any atom is 0.389 e. The van der Waals surface area contributed by atoms with Crippen LogP contribution in [0.4, 0.5) is 74.6 Å². The standard InChI is InChI=1S/C12H7F17O4/c13-5(14,1-2-6(15,16)17)8(20,21)10(24,25)12(28,29)11(26,27)9(22,23)7(18,19)4-3-30-32-33-31-4/h4H,1-3H2. The summed E-state index contributed by atoms with van der Waals surface area (Å²) in [5.41, 5.74) is 0. The largest absolute Gasteiger partial charge is 0.389 e. The van der Waals surface area contributed by atoms with Crippen LogP contribution >= 0.6 is 0 Å². The Bertz CT molecular complexity index is 682. The first-order chi connectivity index (χ1) is 14.3. The molecule has 0 radical (unpaired) electrons. The SMILES string of the molecule is FC(F)(F)CCC(F)(F)C(F)(F)C(F)(F)C(F)(F)C(F)(F)C(F)(F)C(F)(F)C1COOOO1. The van der Waals surface area contributed by atoms with Gasteiger partial charge in [-0.25, -0.2) is 4.89 Å². The average molecular weight is 538 g/mol. The Labute approximate surface area is 169 Å². The van der Waals surface area contributed by atoms with E-state index in [1.807, 2.05) is 0 Å². The van der Waals surface area contributed by atoms with Gasteiger partial charge in [0.1, 0.15) is 6.61 Å². The molecule has 0 amide bonds. The Hall–Kier alpha value is -1.35. The summed E-state index contributed by atoms with van der Waals surface area (Å²) in [6, 6.07) is 0. The smallest absolute Gasteiger partial charge is 0.201 e. The molecule has 21 heteroatoms. The minimum Gasteiger partial charge on any atom is -0.201 e. The molecule has 198 valence electrons. The Morgan fingerprint density at radius 2 is 0.939 bits per heavy atom. The van der Waals surface area contributed by atoms with Crippen LogP contribution in [0.5, 0.6) is 0 Å². The molecule has 0 aromatic rings. The van der Waals surface area contributed by atoms with E-state index in [1.54, 1.807) is 0 Å². The Morgan fingerprint density at radius 1 is 0.515 bits per heavy atom. The molecule has 1 unspecified atom stereocenters. The van der Waals surface area contributed by atoms with Gasteiger partial charge in [0.2, 0.25) is 0 Å². The van der Waals surface area contributed by atoms with Gasteiger partial charge in [-0.3, -0.25) is 0 Å². The minimum absolute atomic E-state index is 2.02. The summed E-state index contributed by atoms with van der Waals surface area (Å²) in [6.45, 7) is -2.02. The van der Waals surface area contributed by atoms with Crippen molar-refractivity contribution in [2.45, 2.75) is 66.6 Å². The highest BCUT2D eigenvalue weighted by molar-refractivity contribution is 5.15. The molecule has 0 bridgehead atoms. The summed E-state index contributed by atoms with van der Waals surface area (Å²) in [6.07, 6.45) is -16.0. The Morgan fingerprint density at radius 3 is 1.33 bits per heavy atom. The molecule has 0 N–H and O–H groups in total. The highest BCUT2D eigenvalue weighted by Gasteiger charge is 2.93. The molecule has 1 saturated heterocycles. The van der Waals surface area contributed by atoms with Gasteiger partial charge in [0.25, 0.3) is 0 Å². The van der Waals surface area contributed by atoms with Crippen molar-refractivity contribution in [1.82, 2.24) is 0 Å². The van der Waals surface area contributed by atoms with E-state index in [-0.39, 0.29) is 0 Å². The van der Waals surface area contributed by atoms with Gasteiger partial charge in [-0.15, -0.1) is 0 Å². The second-order valence-electron chi connectivity index (χ2n) is 6.32. The van der Waals surface area contributed by atoms with Crippen LogP contribution in [0.2, 0.25) is 0 Å². The predicted molar refractivity (Wildman–Crippen MR) is 62.9 cm³/mol. The number of rotatable bonds is 9. The lowest BCUT2D eigenvalue weighted by Gasteiger charge is -2.43. The zero-order chi connectivity index (χ0) is 26.5. The molecule has 4 nitrogen and oxygen atoms in total. The molecule has 0 saturated carbocycles. The van der Waals surface area contributed by atoms with E-state index >= 15 is 0 Å². The zero-order valence-corrected chi connectivity index (χ0v) is 14.8. The molecule has 1 rings (SSSR count). The molecule has 1 fully saturated rings.